The van der Waals surface area contributed by atoms with Crippen LogP contribution in [0, 0.1) is 33.5 Å². The molecule has 10 rings (SSSR count). The third-order valence-electron chi connectivity index (χ3n) is 17.3. The molecule has 0 aliphatic carbocycles. The molecule has 2 aliphatic heterocycles. The van der Waals surface area contributed by atoms with Crippen LogP contribution in [0.3, 0.4) is 0 Å². The Labute approximate surface area is 534 Å². The van der Waals surface area contributed by atoms with Gasteiger partial charge in [-0.1, -0.05) is 167 Å². The van der Waals surface area contributed by atoms with Crippen molar-refractivity contribution < 1.29 is 33.8 Å². The number of rotatable bonds is 22. The first-order valence-electron chi connectivity index (χ1n) is 32.0. The molecule has 0 saturated carbocycles. The minimum Gasteiger partial charge on any atom is -0.394 e. The number of aliphatic hydroxyl groups excluding tert-OH is 2. The van der Waals surface area contributed by atoms with Crippen molar-refractivity contribution in [3.05, 3.63) is 212 Å². The Bertz CT molecular complexity index is 3820. The van der Waals surface area contributed by atoms with Crippen LogP contribution >= 0.6 is 11.6 Å². The molecule has 2 aliphatic rings. The van der Waals surface area contributed by atoms with E-state index < -0.39 is 11.9 Å². The number of aromatic nitrogens is 4. The van der Waals surface area contributed by atoms with Gasteiger partial charge in [-0.2, -0.15) is 10.2 Å². The maximum Gasteiger partial charge on any atom is 0.274 e. The molecule has 16 heteroatoms. The van der Waals surface area contributed by atoms with E-state index in [0.29, 0.717) is 103 Å². The summed E-state index contributed by atoms with van der Waals surface area (Å²) >= 11 is 6.37. The predicted octanol–water partition coefficient (Wildman–Crippen LogP) is 14.3. The Morgan fingerprint density at radius 1 is 0.511 bits per heavy atom. The standard InChI is InChI=1S/C38H46N4O3.C36H40ClFN4O3/c1-6-8-16-40(17-9-7-2)38(45)35-21-28(5)42(39-35)36-15-14-30(32-19-26(3)18-27(4)20-32)23-34(36)37(44)41-24-31-13-11-10-12-29(31)22-33(41)25-43;1-4-6-17-40(18-7-5-2)36(45)32-19-24(3)42(39-32)33-16-15-26(29-13-10-14-31(38)34(29)37)21-30(33)35(44)41-22-27-12-9-8-11-25(27)20-28(41)23-43/h10-15,18-21,23,33,43H,6-9,16-17,22,24-25H2,1-5H3;8-16,19,21,28,43H,4-7,17-18,20,22-23H2,1-3H3/t33-;28-/m00/s1. The van der Waals surface area contributed by atoms with Crippen LogP contribution in [0.2, 0.25) is 5.02 Å². The van der Waals surface area contributed by atoms with E-state index in [1.165, 1.54) is 6.07 Å². The van der Waals surface area contributed by atoms with Gasteiger partial charge in [0.15, 0.2) is 11.4 Å². The number of carbonyl (C=O) groups is 4. The van der Waals surface area contributed by atoms with Gasteiger partial charge in [0, 0.05) is 56.2 Å². The molecule has 14 nitrogen and oxygen atoms in total. The van der Waals surface area contributed by atoms with Crippen LogP contribution in [0.5, 0.6) is 0 Å². The molecular formula is C74H86ClFN8O6. The molecule has 0 unspecified atom stereocenters. The first-order chi connectivity index (χ1) is 43.5. The number of hydrogen-bond donors (Lipinski definition) is 2. The number of aliphatic hydroxyl groups is 2. The molecule has 0 radical (unpaired) electrons. The third-order valence-corrected chi connectivity index (χ3v) is 17.7. The average Bonchev–Trinajstić information content (AvgIpc) is 1.27. The van der Waals surface area contributed by atoms with Gasteiger partial charge in [0.25, 0.3) is 23.6 Å². The normalized spacial score (nSPS) is 14.4. The number of fused-ring (bicyclic) bond motifs is 2. The van der Waals surface area contributed by atoms with Crippen LogP contribution in [0.15, 0.2) is 133 Å². The lowest BCUT2D eigenvalue weighted by Crippen LogP contribution is -2.46. The summed E-state index contributed by atoms with van der Waals surface area (Å²) in [6.07, 6.45) is 8.79. The molecule has 0 fully saturated rings. The topological polar surface area (TPSA) is 157 Å². The van der Waals surface area contributed by atoms with Crippen LogP contribution in [0.4, 0.5) is 4.39 Å². The van der Waals surface area contributed by atoms with Gasteiger partial charge in [0.2, 0.25) is 0 Å². The summed E-state index contributed by atoms with van der Waals surface area (Å²) in [4.78, 5) is 63.6. The molecule has 2 aromatic heterocycles. The minimum atomic E-state index is -0.555. The molecule has 4 amide bonds. The highest BCUT2D eigenvalue weighted by Crippen LogP contribution is 2.36. The lowest BCUT2D eigenvalue weighted by Gasteiger charge is -2.36. The van der Waals surface area contributed by atoms with E-state index in [0.717, 1.165) is 102 Å². The lowest BCUT2D eigenvalue weighted by atomic mass is 9.92. The third kappa shape index (κ3) is 15.0. The highest BCUT2D eigenvalue weighted by atomic mass is 35.5. The van der Waals surface area contributed by atoms with Crippen LogP contribution in [-0.4, -0.2) is 124 Å². The van der Waals surface area contributed by atoms with Crippen molar-refractivity contribution in [2.24, 2.45) is 0 Å². The smallest absolute Gasteiger partial charge is 0.274 e. The van der Waals surface area contributed by atoms with E-state index in [-0.39, 0.29) is 47.9 Å². The van der Waals surface area contributed by atoms with Crippen molar-refractivity contribution in [1.82, 2.24) is 39.2 Å². The quantitative estimate of drug-likeness (QED) is 0.0679. The van der Waals surface area contributed by atoms with Crippen molar-refractivity contribution in [3.63, 3.8) is 0 Å². The first-order valence-corrected chi connectivity index (χ1v) is 32.4. The molecule has 2 N–H and O–H groups in total. The van der Waals surface area contributed by atoms with Gasteiger partial charge in [0.05, 0.1) is 52.8 Å². The zero-order valence-corrected chi connectivity index (χ0v) is 54.2. The molecule has 8 aromatic rings. The molecule has 472 valence electrons. The van der Waals surface area contributed by atoms with E-state index in [2.05, 4.69) is 71.9 Å². The van der Waals surface area contributed by atoms with E-state index in [9.17, 15) is 33.8 Å². The Hall–Kier alpha value is -8.24. The lowest BCUT2D eigenvalue weighted by molar-refractivity contribution is 0.0539. The highest BCUT2D eigenvalue weighted by molar-refractivity contribution is 6.33. The summed E-state index contributed by atoms with van der Waals surface area (Å²) in [5.74, 6) is -1.24. The number of nitrogens with zero attached hydrogens (tertiary/aromatic N) is 8. The fraction of sp³-hybridized carbons (Fsp3) is 0.378. The fourth-order valence-electron chi connectivity index (χ4n) is 12.3. The molecule has 0 bridgehead atoms. The zero-order chi connectivity index (χ0) is 64.2. The van der Waals surface area contributed by atoms with Crippen LogP contribution in [0.1, 0.15) is 166 Å². The Kier molecular flexibility index (Phi) is 22.4. The van der Waals surface area contributed by atoms with Gasteiger partial charge < -0.3 is 29.8 Å². The second kappa shape index (κ2) is 30.5. The largest absolute Gasteiger partial charge is 0.394 e. The van der Waals surface area contributed by atoms with E-state index >= 15 is 0 Å². The second-order valence-corrected chi connectivity index (χ2v) is 24.5. The maximum atomic E-state index is 14.6. The number of halogens is 2. The Balaban J connectivity index is 0.000000213. The van der Waals surface area contributed by atoms with Gasteiger partial charge in [-0.15, -0.1) is 0 Å². The molecule has 2 atom stereocenters. The van der Waals surface area contributed by atoms with E-state index in [1.807, 2.05) is 84.3 Å². The maximum absolute atomic E-state index is 14.6. The van der Waals surface area contributed by atoms with Crippen molar-refractivity contribution in [3.8, 4) is 33.6 Å². The fourth-order valence-corrected chi connectivity index (χ4v) is 12.5. The number of amides is 4. The van der Waals surface area contributed by atoms with Gasteiger partial charge in [-0.25, -0.2) is 13.8 Å². The molecule has 90 heavy (non-hydrogen) atoms. The van der Waals surface area contributed by atoms with Crippen molar-refractivity contribution in [2.45, 2.75) is 145 Å². The van der Waals surface area contributed by atoms with Crippen molar-refractivity contribution in [2.75, 3.05) is 39.4 Å². The summed E-state index contributed by atoms with van der Waals surface area (Å²) in [6, 6.07) is 40.9. The molecule has 0 spiro atoms. The Morgan fingerprint density at radius 3 is 1.34 bits per heavy atom. The molecular weight excluding hydrogens is 1150 g/mol. The SMILES string of the molecule is CCCCN(CCCC)C(=O)c1cc(C)n(-c2ccc(-c3cc(C)cc(C)c3)cc2C(=O)N2Cc3ccccc3C[C@H]2CO)n1.CCCCN(CCCC)C(=O)c1cc(C)n(-c2ccc(-c3cccc(F)c3Cl)cc2C(=O)N2Cc3ccccc3C[C@H]2CO)n1. The van der Waals surface area contributed by atoms with Gasteiger partial charge in [0.1, 0.15) is 5.82 Å². The van der Waals surface area contributed by atoms with Gasteiger partial charge in [-0.3, -0.25) is 19.2 Å². The highest BCUT2D eigenvalue weighted by Gasteiger charge is 2.35. The average molecular weight is 1240 g/mol. The van der Waals surface area contributed by atoms with E-state index in [4.69, 9.17) is 21.8 Å². The van der Waals surface area contributed by atoms with Gasteiger partial charge in [-0.05, 0) is 148 Å². The zero-order valence-electron chi connectivity index (χ0n) is 53.4. The van der Waals surface area contributed by atoms with Crippen LogP contribution < -0.4 is 0 Å². The second-order valence-electron chi connectivity index (χ2n) is 24.1. The molecule has 6 aromatic carbocycles. The number of benzene rings is 6. The minimum absolute atomic E-state index is 0.0359. The van der Waals surface area contributed by atoms with E-state index in [1.54, 1.807) is 55.6 Å². The number of carbonyl (C=O) groups excluding carboxylic acids is 4. The number of hydrogen-bond acceptors (Lipinski definition) is 8. The summed E-state index contributed by atoms with van der Waals surface area (Å²) in [6.45, 7) is 19.5. The van der Waals surface area contributed by atoms with Gasteiger partial charge >= 0.3 is 0 Å². The monoisotopic (exact) mass is 1240 g/mol. The summed E-state index contributed by atoms with van der Waals surface area (Å²) in [5, 5.41) is 30.2. The molecule has 4 heterocycles. The Morgan fingerprint density at radius 2 is 0.922 bits per heavy atom. The number of aryl methyl sites for hydroxylation is 4. The van der Waals surface area contributed by atoms with Crippen molar-refractivity contribution in [1.29, 1.82) is 0 Å². The number of unbranched alkanes of at least 4 members (excludes halogenated alkanes) is 4. The predicted molar refractivity (Wildman–Crippen MR) is 355 cm³/mol. The summed E-state index contributed by atoms with van der Waals surface area (Å²) < 4.78 is 17.8. The summed E-state index contributed by atoms with van der Waals surface area (Å²) in [7, 11) is 0. The summed E-state index contributed by atoms with van der Waals surface area (Å²) in [5.41, 5.74) is 13.7. The van der Waals surface area contributed by atoms with Crippen LogP contribution in [-0.2, 0) is 25.9 Å². The molecule has 0 saturated heterocycles. The van der Waals surface area contributed by atoms with Crippen molar-refractivity contribution >= 4 is 35.2 Å². The van der Waals surface area contributed by atoms with Crippen LogP contribution in [0.25, 0.3) is 33.6 Å². The first kappa shape index (κ1) is 66.2.